The number of aliphatic hydroxyl groups excluding tert-OH is 1. The van der Waals surface area contributed by atoms with Crippen LogP contribution in [-0.2, 0) is 23.9 Å². The Kier molecular flexibility index (Phi) is 8.79. The number of rotatable bonds is 13. The Balaban J connectivity index is 1.72. The minimum Gasteiger partial charge on any atom is -0.465 e. The van der Waals surface area contributed by atoms with Gasteiger partial charge in [0.25, 0.3) is 0 Å². The molecule has 0 aromatic heterocycles. The molecule has 1 aliphatic carbocycles. The number of aliphatic hydroxyl groups is 1. The smallest absolute Gasteiger partial charge is 0.312 e. The van der Waals surface area contributed by atoms with Gasteiger partial charge in [-0.3, -0.25) is 14.4 Å². The fourth-order valence-corrected chi connectivity index (χ4v) is 7.43. The van der Waals surface area contributed by atoms with Crippen molar-refractivity contribution in [2.24, 2.45) is 11.8 Å². The maximum Gasteiger partial charge on any atom is 0.312 e. The van der Waals surface area contributed by atoms with Crippen LogP contribution in [0.4, 0.5) is 0 Å². The number of ether oxygens (including phenoxy) is 2. The van der Waals surface area contributed by atoms with Crippen LogP contribution in [0.25, 0.3) is 0 Å². The van der Waals surface area contributed by atoms with Crippen LogP contribution < -0.4 is 0 Å². The quantitative estimate of drug-likeness (QED) is 0.229. The summed E-state index contributed by atoms with van der Waals surface area (Å²) in [6.45, 7) is 10.6. The minimum atomic E-state index is -1.04. The van der Waals surface area contributed by atoms with Gasteiger partial charge in [0, 0.05) is 25.7 Å². The van der Waals surface area contributed by atoms with Crippen molar-refractivity contribution in [1.29, 1.82) is 0 Å². The van der Waals surface area contributed by atoms with E-state index in [1.165, 1.54) is 6.42 Å². The van der Waals surface area contributed by atoms with Crippen molar-refractivity contribution >= 4 is 17.8 Å². The third kappa shape index (κ3) is 4.76. The van der Waals surface area contributed by atoms with Crippen molar-refractivity contribution in [3.63, 3.8) is 0 Å². The second-order valence-electron chi connectivity index (χ2n) is 11.1. The second-order valence-corrected chi connectivity index (χ2v) is 11.1. The van der Waals surface area contributed by atoms with Gasteiger partial charge in [-0.2, -0.15) is 0 Å². The number of carbonyl (C=O) groups is 3. The summed E-state index contributed by atoms with van der Waals surface area (Å²) < 4.78 is 12.4. The summed E-state index contributed by atoms with van der Waals surface area (Å²) in [4.78, 5) is 45.6. The number of hydrogen-bond donors (Lipinski definition) is 1. The Bertz CT molecular complexity index is 886. The van der Waals surface area contributed by atoms with Crippen LogP contribution in [0.3, 0.4) is 0 Å². The third-order valence-corrected chi connectivity index (χ3v) is 9.17. The highest BCUT2D eigenvalue weighted by Gasteiger charge is 2.79. The highest BCUT2D eigenvalue weighted by molar-refractivity contribution is 5.98. The van der Waals surface area contributed by atoms with Crippen molar-refractivity contribution in [2.45, 2.75) is 101 Å². The molecular weight excluding hydrogens is 472 g/mol. The summed E-state index contributed by atoms with van der Waals surface area (Å²) in [5, 5.41) is 9.38. The van der Waals surface area contributed by atoms with Gasteiger partial charge in [-0.25, -0.2) is 0 Å². The van der Waals surface area contributed by atoms with E-state index < -0.39 is 35.0 Å². The van der Waals surface area contributed by atoms with Gasteiger partial charge in [-0.15, -0.1) is 13.2 Å². The molecule has 1 N–H and O–H groups in total. The van der Waals surface area contributed by atoms with E-state index in [-0.39, 0.29) is 31.1 Å². The van der Waals surface area contributed by atoms with E-state index in [1.807, 2.05) is 11.8 Å². The molecule has 2 amide bonds. The molecule has 0 radical (unpaired) electrons. The van der Waals surface area contributed by atoms with Crippen LogP contribution in [0.1, 0.15) is 77.6 Å². The molecule has 3 heterocycles. The van der Waals surface area contributed by atoms with Crippen molar-refractivity contribution in [1.82, 2.24) is 9.80 Å². The largest absolute Gasteiger partial charge is 0.465 e. The minimum absolute atomic E-state index is 0.0214. The number of amides is 2. The zero-order valence-electron chi connectivity index (χ0n) is 22.4. The first kappa shape index (κ1) is 27.8. The summed E-state index contributed by atoms with van der Waals surface area (Å²) in [6.07, 6.45) is 12.1. The summed E-state index contributed by atoms with van der Waals surface area (Å²) in [5.41, 5.74) is -1.84. The van der Waals surface area contributed by atoms with E-state index in [9.17, 15) is 19.5 Å². The first-order chi connectivity index (χ1) is 17.9. The molecule has 0 aromatic rings. The maximum atomic E-state index is 14.5. The van der Waals surface area contributed by atoms with E-state index in [1.54, 1.807) is 17.1 Å². The van der Waals surface area contributed by atoms with Gasteiger partial charge in [0.05, 0.1) is 18.1 Å². The van der Waals surface area contributed by atoms with Crippen molar-refractivity contribution in [2.75, 3.05) is 26.3 Å². The molecule has 8 heteroatoms. The Hall–Kier alpha value is -2.19. The van der Waals surface area contributed by atoms with Gasteiger partial charge in [-0.1, -0.05) is 38.3 Å². The number of esters is 1. The van der Waals surface area contributed by atoms with E-state index >= 15 is 0 Å². The Morgan fingerprint density at radius 3 is 2.59 bits per heavy atom. The summed E-state index contributed by atoms with van der Waals surface area (Å²) in [5.74, 6) is -2.18. The van der Waals surface area contributed by atoms with Crippen LogP contribution in [0, 0.1) is 11.8 Å². The van der Waals surface area contributed by atoms with Crippen LogP contribution in [0.2, 0.25) is 0 Å². The summed E-state index contributed by atoms with van der Waals surface area (Å²) in [7, 11) is 0. The molecule has 2 bridgehead atoms. The Morgan fingerprint density at radius 2 is 1.95 bits per heavy atom. The SMILES string of the molecule is C=CCCOC(=O)[C@H]1[C@H]2C(=O)N(CCCCO)C(C(=O)N(CC=C)C3CCCCC3)C23CC[C@]1(CC)O3. The van der Waals surface area contributed by atoms with Gasteiger partial charge in [0.1, 0.15) is 17.6 Å². The molecule has 8 nitrogen and oxygen atoms in total. The zero-order valence-corrected chi connectivity index (χ0v) is 22.4. The topological polar surface area (TPSA) is 96.4 Å². The lowest BCUT2D eigenvalue weighted by atomic mass is 9.65. The lowest BCUT2D eigenvalue weighted by Crippen LogP contribution is -2.58. The van der Waals surface area contributed by atoms with Crippen molar-refractivity contribution in [3.05, 3.63) is 25.3 Å². The Morgan fingerprint density at radius 1 is 1.19 bits per heavy atom. The molecule has 1 spiro atoms. The third-order valence-electron chi connectivity index (χ3n) is 9.17. The predicted octanol–water partition coefficient (Wildman–Crippen LogP) is 3.38. The van der Waals surface area contributed by atoms with E-state index in [4.69, 9.17) is 9.47 Å². The molecule has 5 atom stereocenters. The van der Waals surface area contributed by atoms with Crippen LogP contribution in [-0.4, -0.2) is 82.3 Å². The highest BCUT2D eigenvalue weighted by Crippen LogP contribution is 2.64. The van der Waals surface area contributed by atoms with Gasteiger partial charge >= 0.3 is 5.97 Å². The molecule has 2 unspecified atom stereocenters. The number of nitrogens with zero attached hydrogens (tertiary/aromatic N) is 2. The maximum absolute atomic E-state index is 14.5. The van der Waals surface area contributed by atoms with E-state index in [2.05, 4.69) is 13.2 Å². The van der Waals surface area contributed by atoms with Crippen LogP contribution >= 0.6 is 0 Å². The molecule has 4 aliphatic rings. The molecule has 3 saturated heterocycles. The second kappa shape index (κ2) is 11.7. The number of fused-ring (bicyclic) bond motifs is 1. The summed E-state index contributed by atoms with van der Waals surface area (Å²) in [6, 6.07) is -0.674. The molecule has 3 aliphatic heterocycles. The average molecular weight is 517 g/mol. The number of likely N-dealkylation sites (tertiary alicyclic amines) is 1. The zero-order chi connectivity index (χ0) is 26.6. The number of unbranched alkanes of at least 4 members (excludes halogenated alkanes) is 1. The van der Waals surface area contributed by atoms with Gasteiger partial charge in [-0.05, 0) is 51.4 Å². The molecule has 4 fully saturated rings. The highest BCUT2D eigenvalue weighted by atomic mass is 16.6. The van der Waals surface area contributed by atoms with E-state index in [0.717, 1.165) is 25.7 Å². The van der Waals surface area contributed by atoms with E-state index in [0.29, 0.717) is 51.6 Å². The normalized spacial score (nSPS) is 32.9. The fourth-order valence-electron chi connectivity index (χ4n) is 7.43. The molecule has 206 valence electrons. The lowest BCUT2D eigenvalue weighted by Gasteiger charge is -2.40. The number of hydrogen-bond acceptors (Lipinski definition) is 6. The molecule has 4 rings (SSSR count). The monoisotopic (exact) mass is 516 g/mol. The van der Waals surface area contributed by atoms with Crippen LogP contribution in [0.5, 0.6) is 0 Å². The molecule has 1 saturated carbocycles. The van der Waals surface area contributed by atoms with Gasteiger partial charge in [0.15, 0.2) is 0 Å². The fraction of sp³-hybridized carbons (Fsp3) is 0.759. The van der Waals surface area contributed by atoms with Gasteiger partial charge in [0.2, 0.25) is 11.8 Å². The van der Waals surface area contributed by atoms with Crippen molar-refractivity contribution in [3.8, 4) is 0 Å². The number of carbonyl (C=O) groups excluding carboxylic acids is 3. The molecule has 37 heavy (non-hydrogen) atoms. The predicted molar refractivity (Wildman–Crippen MR) is 139 cm³/mol. The molecular formula is C29H44N2O6. The first-order valence-corrected chi connectivity index (χ1v) is 14.2. The van der Waals surface area contributed by atoms with Crippen molar-refractivity contribution < 1.29 is 29.0 Å². The summed E-state index contributed by atoms with van der Waals surface area (Å²) >= 11 is 0. The van der Waals surface area contributed by atoms with Crippen LogP contribution in [0.15, 0.2) is 25.3 Å². The van der Waals surface area contributed by atoms with Gasteiger partial charge < -0.3 is 24.4 Å². The lowest BCUT2D eigenvalue weighted by molar-refractivity contribution is -0.162. The average Bonchev–Trinajstić information content (AvgIpc) is 3.51. The molecule has 0 aromatic carbocycles. The first-order valence-electron chi connectivity index (χ1n) is 14.2. The standard InChI is InChI=1S/C29H44N2O6/c1-4-7-20-36-27(35)23-22-25(33)31(18-11-12-19-32)24(29(22)16-15-28(23,6-3)37-29)26(34)30(17-5-2)21-13-9-8-10-14-21/h4-5,21-24,32H,1-2,6-20H2,3H3/t22-,23+,24?,28-,29?/m0/s1. The Labute approximate surface area is 221 Å².